The van der Waals surface area contributed by atoms with Crippen molar-refractivity contribution in [1.82, 2.24) is 0 Å². The molecule has 0 saturated heterocycles. The van der Waals surface area contributed by atoms with Crippen LogP contribution < -0.4 is 4.74 Å². The summed E-state index contributed by atoms with van der Waals surface area (Å²) in [5, 5.41) is 11.0. The third kappa shape index (κ3) is 5.41. The van der Waals surface area contributed by atoms with Gasteiger partial charge in [-0.1, -0.05) is 32.6 Å². The van der Waals surface area contributed by atoms with Gasteiger partial charge in [0, 0.05) is 12.1 Å². The second kappa shape index (κ2) is 8.94. The summed E-state index contributed by atoms with van der Waals surface area (Å²) in [4.78, 5) is 21.9. The average Bonchev–Trinajstić information content (AvgIpc) is 2.49. The Balaban J connectivity index is 2.68. The van der Waals surface area contributed by atoms with Crippen molar-refractivity contribution >= 4 is 11.7 Å². The number of esters is 1. The quantitative estimate of drug-likeness (QED) is 0.300. The smallest absolute Gasteiger partial charge is 0.337 e. The normalized spacial score (nSPS) is 10.2. The van der Waals surface area contributed by atoms with Crippen molar-refractivity contribution in [3.8, 4) is 5.75 Å². The molecular formula is C15H21NO5. The van der Waals surface area contributed by atoms with E-state index >= 15 is 0 Å². The minimum absolute atomic E-state index is 0.110. The van der Waals surface area contributed by atoms with E-state index < -0.39 is 10.9 Å². The standard InChI is InChI=1S/C15H21NO5/c1-3-4-5-6-7-10-21-14-11-12(15(17)20-2)8-9-13(14)16(18)19/h8-9,11H,3-7,10H2,1-2H3. The van der Waals surface area contributed by atoms with Crippen molar-refractivity contribution in [2.24, 2.45) is 0 Å². The first-order valence-corrected chi connectivity index (χ1v) is 7.09. The number of nitro benzene ring substituents is 1. The molecule has 0 fully saturated rings. The minimum Gasteiger partial charge on any atom is -0.487 e. The van der Waals surface area contributed by atoms with Crippen LogP contribution in [0.3, 0.4) is 0 Å². The van der Waals surface area contributed by atoms with Crippen molar-refractivity contribution in [1.29, 1.82) is 0 Å². The van der Waals surface area contributed by atoms with Crippen LogP contribution in [-0.2, 0) is 4.74 Å². The van der Waals surface area contributed by atoms with Gasteiger partial charge >= 0.3 is 11.7 Å². The molecule has 6 heteroatoms. The van der Waals surface area contributed by atoms with Gasteiger partial charge in [-0.3, -0.25) is 10.1 Å². The number of carbonyl (C=O) groups is 1. The number of rotatable bonds is 9. The van der Waals surface area contributed by atoms with Crippen LogP contribution in [0.25, 0.3) is 0 Å². The Bertz CT molecular complexity index is 487. The van der Waals surface area contributed by atoms with E-state index in [-0.39, 0.29) is 17.0 Å². The van der Waals surface area contributed by atoms with E-state index in [0.29, 0.717) is 6.61 Å². The SMILES string of the molecule is CCCCCCCOc1cc(C(=O)OC)ccc1[N+](=O)[O-]. The molecule has 0 saturated carbocycles. The van der Waals surface area contributed by atoms with Crippen molar-refractivity contribution in [2.75, 3.05) is 13.7 Å². The Hall–Kier alpha value is -2.11. The van der Waals surface area contributed by atoms with E-state index in [1.165, 1.54) is 31.7 Å². The molecule has 1 aromatic carbocycles. The van der Waals surface area contributed by atoms with Gasteiger partial charge in [0.1, 0.15) is 0 Å². The zero-order chi connectivity index (χ0) is 15.7. The number of hydrogen-bond acceptors (Lipinski definition) is 5. The maximum atomic E-state index is 11.4. The molecule has 6 nitrogen and oxygen atoms in total. The lowest BCUT2D eigenvalue weighted by Gasteiger charge is -2.08. The van der Waals surface area contributed by atoms with Gasteiger partial charge in [-0.05, 0) is 12.5 Å². The van der Waals surface area contributed by atoms with Gasteiger partial charge in [-0.15, -0.1) is 0 Å². The molecule has 0 aliphatic carbocycles. The third-order valence-electron chi connectivity index (χ3n) is 3.08. The predicted molar refractivity (Wildman–Crippen MR) is 78.7 cm³/mol. The second-order valence-electron chi connectivity index (χ2n) is 4.69. The van der Waals surface area contributed by atoms with Gasteiger partial charge < -0.3 is 9.47 Å². The number of methoxy groups -OCH3 is 1. The monoisotopic (exact) mass is 295 g/mol. The highest BCUT2D eigenvalue weighted by atomic mass is 16.6. The largest absolute Gasteiger partial charge is 0.487 e. The van der Waals surface area contributed by atoms with E-state index in [4.69, 9.17) is 4.74 Å². The van der Waals surface area contributed by atoms with Gasteiger partial charge in [-0.25, -0.2) is 4.79 Å². The van der Waals surface area contributed by atoms with Gasteiger partial charge in [0.15, 0.2) is 5.75 Å². The van der Waals surface area contributed by atoms with Crippen LogP contribution in [0.5, 0.6) is 5.75 Å². The molecule has 0 amide bonds. The molecule has 0 bridgehead atoms. The molecule has 0 radical (unpaired) electrons. The number of ether oxygens (including phenoxy) is 2. The highest BCUT2D eigenvalue weighted by molar-refractivity contribution is 5.90. The number of carbonyl (C=O) groups excluding carboxylic acids is 1. The second-order valence-corrected chi connectivity index (χ2v) is 4.69. The van der Waals surface area contributed by atoms with E-state index in [2.05, 4.69) is 11.7 Å². The molecule has 0 atom stereocenters. The van der Waals surface area contributed by atoms with Crippen LogP contribution in [0.15, 0.2) is 18.2 Å². The lowest BCUT2D eigenvalue weighted by molar-refractivity contribution is -0.385. The number of nitrogens with zero attached hydrogens (tertiary/aromatic N) is 1. The van der Waals surface area contributed by atoms with E-state index in [1.807, 2.05) is 0 Å². The van der Waals surface area contributed by atoms with Gasteiger partial charge in [0.25, 0.3) is 0 Å². The molecular weight excluding hydrogens is 274 g/mol. The number of nitro groups is 1. The molecule has 0 unspecified atom stereocenters. The molecule has 0 heterocycles. The molecule has 0 aliphatic rings. The predicted octanol–water partition coefficient (Wildman–Crippen LogP) is 3.73. The fourth-order valence-electron chi connectivity index (χ4n) is 1.91. The fraction of sp³-hybridized carbons (Fsp3) is 0.533. The summed E-state index contributed by atoms with van der Waals surface area (Å²) in [5.74, 6) is -0.434. The molecule has 0 spiro atoms. The Labute approximate surface area is 124 Å². The number of hydrogen-bond donors (Lipinski definition) is 0. The highest BCUT2D eigenvalue weighted by Crippen LogP contribution is 2.28. The van der Waals surface area contributed by atoms with E-state index in [1.54, 1.807) is 0 Å². The summed E-state index contributed by atoms with van der Waals surface area (Å²) in [6.07, 6.45) is 5.33. The maximum Gasteiger partial charge on any atom is 0.337 e. The lowest BCUT2D eigenvalue weighted by atomic mass is 10.1. The van der Waals surface area contributed by atoms with Crippen LogP contribution in [0.2, 0.25) is 0 Å². The third-order valence-corrected chi connectivity index (χ3v) is 3.08. The lowest BCUT2D eigenvalue weighted by Crippen LogP contribution is -2.05. The van der Waals surface area contributed by atoms with Gasteiger partial charge in [0.2, 0.25) is 0 Å². The van der Waals surface area contributed by atoms with Crippen molar-refractivity contribution in [3.63, 3.8) is 0 Å². The van der Waals surface area contributed by atoms with Gasteiger partial charge in [0.05, 0.1) is 24.2 Å². The van der Waals surface area contributed by atoms with Crippen LogP contribution in [-0.4, -0.2) is 24.6 Å². The summed E-state index contributed by atoms with van der Waals surface area (Å²) in [5.41, 5.74) is 0.0975. The van der Waals surface area contributed by atoms with Crippen LogP contribution in [0.4, 0.5) is 5.69 Å². The van der Waals surface area contributed by atoms with E-state index in [0.717, 1.165) is 25.7 Å². The van der Waals surface area contributed by atoms with Crippen LogP contribution in [0.1, 0.15) is 49.4 Å². The zero-order valence-electron chi connectivity index (χ0n) is 12.5. The summed E-state index contributed by atoms with van der Waals surface area (Å²) in [7, 11) is 1.26. The molecule has 0 N–H and O–H groups in total. The summed E-state index contributed by atoms with van der Waals surface area (Å²) in [6.45, 7) is 2.54. The van der Waals surface area contributed by atoms with Crippen molar-refractivity contribution in [3.05, 3.63) is 33.9 Å². The molecule has 1 aromatic rings. The molecule has 21 heavy (non-hydrogen) atoms. The maximum absolute atomic E-state index is 11.4. The average molecular weight is 295 g/mol. The topological polar surface area (TPSA) is 78.7 Å². The molecule has 0 aromatic heterocycles. The minimum atomic E-state index is -0.544. The first kappa shape index (κ1) is 16.9. The summed E-state index contributed by atoms with van der Waals surface area (Å²) >= 11 is 0. The Morgan fingerprint density at radius 1 is 1.24 bits per heavy atom. The van der Waals surface area contributed by atoms with Crippen molar-refractivity contribution in [2.45, 2.75) is 39.0 Å². The van der Waals surface area contributed by atoms with Crippen LogP contribution >= 0.6 is 0 Å². The first-order valence-electron chi connectivity index (χ1n) is 7.09. The highest BCUT2D eigenvalue weighted by Gasteiger charge is 2.18. The fourth-order valence-corrected chi connectivity index (χ4v) is 1.91. The van der Waals surface area contributed by atoms with Gasteiger partial charge in [-0.2, -0.15) is 0 Å². The zero-order valence-corrected chi connectivity index (χ0v) is 12.5. The Kier molecular flexibility index (Phi) is 7.21. The molecule has 0 aliphatic heterocycles. The number of benzene rings is 1. The van der Waals surface area contributed by atoms with Crippen LogP contribution in [0, 0.1) is 10.1 Å². The van der Waals surface area contributed by atoms with E-state index in [9.17, 15) is 14.9 Å². The first-order chi connectivity index (χ1) is 10.1. The summed E-state index contributed by atoms with van der Waals surface area (Å²) < 4.78 is 10.1. The summed E-state index contributed by atoms with van der Waals surface area (Å²) in [6, 6.07) is 3.98. The Morgan fingerprint density at radius 2 is 1.95 bits per heavy atom. The Morgan fingerprint density at radius 3 is 2.57 bits per heavy atom. The number of unbranched alkanes of at least 4 members (excludes halogenated alkanes) is 4. The molecule has 1 rings (SSSR count). The van der Waals surface area contributed by atoms with Crippen molar-refractivity contribution < 1.29 is 19.2 Å². The molecule has 116 valence electrons.